The first-order chi connectivity index (χ1) is 12.3. The molecule has 0 aliphatic carbocycles. The molecule has 0 saturated heterocycles. The van der Waals surface area contributed by atoms with E-state index in [2.05, 4.69) is 4.98 Å². The van der Waals surface area contributed by atoms with Crippen molar-refractivity contribution in [2.45, 2.75) is 43.0 Å². The lowest BCUT2D eigenvalue weighted by atomic mass is 9.94. The van der Waals surface area contributed by atoms with Crippen LogP contribution in [0.4, 0.5) is 58.5 Å². The van der Waals surface area contributed by atoms with Gasteiger partial charge >= 0.3 is 41.9 Å². The summed E-state index contributed by atoms with van der Waals surface area (Å²) >= 11 is 0. The molecule has 0 aliphatic rings. The standard InChI is InChI=1S/C13H8F12N2O/c1-5-2-3-6(26-4-5)27-8(28)10(18,19)12(22,23)13(24,25)11(20,21)9(16,17)7(14)15/h2-4,7H,1H3,(H,26,27,28). The number of aromatic nitrogens is 1. The van der Waals surface area contributed by atoms with Crippen LogP contribution in [0.2, 0.25) is 0 Å². The van der Waals surface area contributed by atoms with E-state index in [1.54, 1.807) is 0 Å². The smallest absolute Gasteiger partial charge is 0.305 e. The second-order valence-corrected chi connectivity index (χ2v) is 5.40. The Morgan fingerprint density at radius 1 is 0.893 bits per heavy atom. The molecule has 1 aromatic heterocycles. The van der Waals surface area contributed by atoms with Crippen LogP contribution in [0.5, 0.6) is 0 Å². The van der Waals surface area contributed by atoms with Crippen molar-refractivity contribution >= 4 is 11.7 Å². The van der Waals surface area contributed by atoms with Crippen LogP contribution in [0.3, 0.4) is 0 Å². The highest BCUT2D eigenvalue weighted by Crippen LogP contribution is 2.58. The molecule has 0 radical (unpaired) electrons. The van der Waals surface area contributed by atoms with E-state index < -0.39 is 47.8 Å². The van der Waals surface area contributed by atoms with Gasteiger partial charge in [-0.2, -0.15) is 43.9 Å². The quantitative estimate of drug-likeness (QED) is 0.626. The fourth-order valence-electron chi connectivity index (χ4n) is 1.62. The van der Waals surface area contributed by atoms with Crippen LogP contribution in [0.1, 0.15) is 5.56 Å². The van der Waals surface area contributed by atoms with Crippen molar-refractivity contribution < 1.29 is 57.5 Å². The van der Waals surface area contributed by atoms with Crippen LogP contribution in [-0.2, 0) is 4.79 Å². The van der Waals surface area contributed by atoms with Gasteiger partial charge < -0.3 is 5.32 Å². The summed E-state index contributed by atoms with van der Waals surface area (Å²) in [5.74, 6) is -41.0. The number of alkyl halides is 12. The minimum Gasteiger partial charge on any atom is -0.305 e. The average Bonchev–Trinajstić information content (AvgIpc) is 2.55. The van der Waals surface area contributed by atoms with Crippen LogP contribution in [0.15, 0.2) is 18.3 Å². The molecule has 0 spiro atoms. The summed E-state index contributed by atoms with van der Waals surface area (Å²) in [6.45, 7) is 1.41. The molecule has 0 unspecified atom stereocenters. The molecule has 160 valence electrons. The molecule has 1 rings (SSSR count). The van der Waals surface area contributed by atoms with Gasteiger partial charge in [0, 0.05) is 6.20 Å². The normalized spacial score (nSPS) is 14.4. The molecule has 3 nitrogen and oxygen atoms in total. The number of anilines is 1. The lowest BCUT2D eigenvalue weighted by Gasteiger charge is -2.38. The highest BCUT2D eigenvalue weighted by atomic mass is 19.4. The van der Waals surface area contributed by atoms with Crippen LogP contribution >= 0.6 is 0 Å². The van der Waals surface area contributed by atoms with Crippen molar-refractivity contribution in [1.82, 2.24) is 4.98 Å². The second-order valence-electron chi connectivity index (χ2n) is 5.40. The molecule has 0 aliphatic heterocycles. The number of carbonyl (C=O) groups excluding carboxylic acids is 1. The van der Waals surface area contributed by atoms with E-state index in [-0.39, 0.29) is 0 Å². The Hall–Kier alpha value is -2.22. The van der Waals surface area contributed by atoms with Crippen LogP contribution in [0.25, 0.3) is 0 Å². The van der Waals surface area contributed by atoms with Gasteiger partial charge in [0.05, 0.1) is 0 Å². The van der Waals surface area contributed by atoms with Gasteiger partial charge in [-0.3, -0.25) is 4.79 Å². The Kier molecular flexibility index (Phi) is 5.94. The minimum absolute atomic E-state index is 0.371. The van der Waals surface area contributed by atoms with E-state index in [1.165, 1.54) is 6.92 Å². The Balaban J connectivity index is 3.32. The molecule has 1 amide bonds. The fourth-order valence-corrected chi connectivity index (χ4v) is 1.62. The summed E-state index contributed by atoms with van der Waals surface area (Å²) in [5.41, 5.74) is 0.371. The highest BCUT2D eigenvalue weighted by molar-refractivity contribution is 5.96. The first-order valence-electron chi connectivity index (χ1n) is 6.75. The van der Waals surface area contributed by atoms with Gasteiger partial charge in [-0.05, 0) is 18.6 Å². The molecular weight excluding hydrogens is 428 g/mol. The number of nitrogens with one attached hydrogen (secondary N) is 1. The average molecular weight is 436 g/mol. The topological polar surface area (TPSA) is 42.0 Å². The summed E-state index contributed by atoms with van der Waals surface area (Å²) in [6, 6.07) is 1.82. The molecular formula is C13H8F12N2O. The minimum atomic E-state index is -7.76. The zero-order valence-electron chi connectivity index (χ0n) is 13.2. The number of pyridine rings is 1. The maximum absolute atomic E-state index is 13.5. The SMILES string of the molecule is Cc1ccc(NC(=O)C(F)(F)C(F)(F)C(F)(F)C(F)(F)C(F)(F)C(F)F)nc1. The fraction of sp³-hybridized carbons (Fsp3) is 0.538. The lowest BCUT2D eigenvalue weighted by molar-refractivity contribution is -0.406. The van der Waals surface area contributed by atoms with Gasteiger partial charge in [-0.15, -0.1) is 0 Å². The number of amides is 1. The number of carbonyl (C=O) groups is 1. The van der Waals surface area contributed by atoms with Crippen molar-refractivity contribution in [3.63, 3.8) is 0 Å². The third-order valence-corrected chi connectivity index (χ3v) is 3.31. The Labute approximate surface area is 147 Å². The van der Waals surface area contributed by atoms with Crippen LogP contribution in [0, 0.1) is 6.92 Å². The summed E-state index contributed by atoms with van der Waals surface area (Å²) in [7, 11) is 0. The van der Waals surface area contributed by atoms with Crippen molar-refractivity contribution in [3.05, 3.63) is 23.9 Å². The van der Waals surface area contributed by atoms with E-state index in [1.807, 2.05) is 0 Å². The third kappa shape index (κ3) is 3.45. The van der Waals surface area contributed by atoms with Gasteiger partial charge in [0.2, 0.25) is 0 Å². The molecule has 0 saturated carbocycles. The van der Waals surface area contributed by atoms with Gasteiger partial charge in [0.25, 0.3) is 0 Å². The van der Waals surface area contributed by atoms with Crippen LogP contribution in [-0.4, -0.2) is 46.9 Å². The van der Waals surface area contributed by atoms with Crippen molar-refractivity contribution in [2.24, 2.45) is 0 Å². The largest absolute Gasteiger partial charge is 0.393 e. The number of halogens is 12. The summed E-state index contributed by atoms with van der Waals surface area (Å²) in [6.07, 6.45) is -4.71. The Morgan fingerprint density at radius 2 is 1.39 bits per heavy atom. The van der Waals surface area contributed by atoms with Crippen molar-refractivity contribution in [1.29, 1.82) is 0 Å². The van der Waals surface area contributed by atoms with Gasteiger partial charge in [0.1, 0.15) is 5.82 Å². The van der Waals surface area contributed by atoms with E-state index in [0.717, 1.165) is 23.6 Å². The third-order valence-electron chi connectivity index (χ3n) is 3.31. The number of hydrogen-bond donors (Lipinski definition) is 1. The number of rotatable bonds is 7. The first kappa shape index (κ1) is 23.8. The molecule has 0 fully saturated rings. The van der Waals surface area contributed by atoms with E-state index >= 15 is 0 Å². The number of aryl methyl sites for hydroxylation is 1. The second kappa shape index (κ2) is 6.99. The highest BCUT2D eigenvalue weighted by Gasteiger charge is 2.89. The maximum atomic E-state index is 13.5. The molecule has 1 heterocycles. The summed E-state index contributed by atoms with van der Waals surface area (Å²) in [4.78, 5) is 14.5. The predicted octanol–water partition coefficient (Wildman–Crippen LogP) is 4.77. The van der Waals surface area contributed by atoms with Gasteiger partial charge in [-0.1, -0.05) is 6.07 Å². The van der Waals surface area contributed by atoms with E-state index in [0.29, 0.717) is 5.56 Å². The van der Waals surface area contributed by atoms with E-state index in [9.17, 15) is 57.5 Å². The summed E-state index contributed by atoms with van der Waals surface area (Å²) in [5, 5.41) is 0.907. The van der Waals surface area contributed by atoms with Crippen molar-refractivity contribution in [3.8, 4) is 0 Å². The molecule has 0 atom stereocenters. The first-order valence-corrected chi connectivity index (χ1v) is 6.75. The Bertz CT molecular complexity index is 717. The summed E-state index contributed by atoms with van der Waals surface area (Å²) < 4.78 is 156. The Morgan fingerprint density at radius 3 is 1.79 bits per heavy atom. The zero-order valence-corrected chi connectivity index (χ0v) is 13.2. The number of hydrogen-bond acceptors (Lipinski definition) is 2. The molecule has 15 heteroatoms. The molecule has 0 bridgehead atoms. The molecule has 28 heavy (non-hydrogen) atoms. The van der Waals surface area contributed by atoms with Gasteiger partial charge in [0.15, 0.2) is 0 Å². The monoisotopic (exact) mass is 436 g/mol. The van der Waals surface area contributed by atoms with Crippen LogP contribution < -0.4 is 5.32 Å². The number of nitrogens with zero attached hydrogens (tertiary/aromatic N) is 1. The maximum Gasteiger partial charge on any atom is 0.393 e. The lowest BCUT2D eigenvalue weighted by Crippen LogP contribution is -2.70. The molecule has 0 aromatic carbocycles. The molecule has 1 N–H and O–H groups in total. The molecule has 1 aromatic rings. The van der Waals surface area contributed by atoms with Gasteiger partial charge in [-0.25, -0.2) is 13.8 Å². The van der Waals surface area contributed by atoms with E-state index in [4.69, 9.17) is 0 Å². The predicted molar refractivity (Wildman–Crippen MR) is 68.3 cm³/mol. The van der Waals surface area contributed by atoms with Crippen molar-refractivity contribution in [2.75, 3.05) is 5.32 Å². The zero-order chi connectivity index (χ0) is 22.3.